The molecule has 1 aliphatic rings. The van der Waals surface area contributed by atoms with Gasteiger partial charge in [-0.1, -0.05) is 6.42 Å². The van der Waals surface area contributed by atoms with Crippen LogP contribution < -0.4 is 10.5 Å². The largest absolute Gasteiger partial charge is 0.483 e. The van der Waals surface area contributed by atoms with Gasteiger partial charge in [-0.05, 0) is 25.8 Å². The minimum Gasteiger partial charge on any atom is -0.483 e. The van der Waals surface area contributed by atoms with Crippen molar-refractivity contribution in [2.24, 2.45) is 11.7 Å². The van der Waals surface area contributed by atoms with Crippen LogP contribution in [0.25, 0.3) is 0 Å². The van der Waals surface area contributed by atoms with Gasteiger partial charge in [-0.3, -0.25) is 10.1 Å². The summed E-state index contributed by atoms with van der Waals surface area (Å²) in [4.78, 5) is 9.99. The summed E-state index contributed by atoms with van der Waals surface area (Å²) < 4.78 is 32.3. The fraction of sp³-hybridized carbons (Fsp3) is 0.538. The Bertz CT molecular complexity index is 511. The van der Waals surface area contributed by atoms with Gasteiger partial charge in [-0.25, -0.2) is 4.39 Å². The molecule has 1 aromatic rings. The van der Waals surface area contributed by atoms with Crippen molar-refractivity contribution in [3.63, 3.8) is 0 Å². The van der Waals surface area contributed by atoms with E-state index in [2.05, 4.69) is 0 Å². The fourth-order valence-corrected chi connectivity index (χ4v) is 2.57. The van der Waals surface area contributed by atoms with E-state index in [1.165, 1.54) is 0 Å². The topological polar surface area (TPSA) is 78.4 Å². The number of nitrogens with two attached hydrogens (primary N) is 1. The Labute approximate surface area is 114 Å². The summed E-state index contributed by atoms with van der Waals surface area (Å²) in [6, 6.07) is 1.33. The first-order valence-electron chi connectivity index (χ1n) is 6.53. The van der Waals surface area contributed by atoms with Crippen LogP contribution in [0.2, 0.25) is 0 Å². The van der Waals surface area contributed by atoms with Gasteiger partial charge >= 0.3 is 5.69 Å². The van der Waals surface area contributed by atoms with E-state index in [4.69, 9.17) is 10.5 Å². The highest BCUT2D eigenvalue weighted by molar-refractivity contribution is 5.47. The second-order valence-corrected chi connectivity index (χ2v) is 4.93. The van der Waals surface area contributed by atoms with Crippen molar-refractivity contribution in [2.45, 2.75) is 31.8 Å². The third kappa shape index (κ3) is 3.04. The molecule has 0 bridgehead atoms. The molecular formula is C13H16F2N2O3. The molecule has 0 saturated heterocycles. The Kier molecular flexibility index (Phi) is 4.49. The smallest absolute Gasteiger partial charge is 0.346 e. The molecule has 1 fully saturated rings. The predicted molar refractivity (Wildman–Crippen MR) is 68.4 cm³/mol. The molecule has 2 unspecified atom stereocenters. The Morgan fingerprint density at radius 3 is 2.70 bits per heavy atom. The second-order valence-electron chi connectivity index (χ2n) is 4.93. The van der Waals surface area contributed by atoms with Crippen LogP contribution in [-0.2, 0) is 0 Å². The van der Waals surface area contributed by atoms with Crippen LogP contribution in [0.4, 0.5) is 14.5 Å². The maximum absolute atomic E-state index is 13.5. The van der Waals surface area contributed by atoms with E-state index in [-0.39, 0.29) is 17.8 Å². The number of nitro groups is 1. The van der Waals surface area contributed by atoms with Crippen molar-refractivity contribution in [3.05, 3.63) is 33.9 Å². The highest BCUT2D eigenvalue weighted by Crippen LogP contribution is 2.35. The summed E-state index contributed by atoms with van der Waals surface area (Å²) in [5.74, 6) is -2.44. The summed E-state index contributed by atoms with van der Waals surface area (Å²) in [5.41, 5.74) is 4.82. The highest BCUT2D eigenvalue weighted by atomic mass is 19.1. The number of nitro benzene ring substituents is 1. The highest BCUT2D eigenvalue weighted by Gasteiger charge is 2.30. The Morgan fingerprint density at radius 2 is 2.05 bits per heavy atom. The van der Waals surface area contributed by atoms with E-state index in [1.54, 1.807) is 0 Å². The lowest BCUT2D eigenvalue weighted by molar-refractivity contribution is -0.388. The SMILES string of the molecule is NCC1CCCCC1Oc1cc(F)cc(F)c1[N+](=O)[O-]. The molecule has 2 N–H and O–H groups in total. The number of ether oxygens (including phenoxy) is 1. The van der Waals surface area contributed by atoms with Crippen LogP contribution in [0.15, 0.2) is 12.1 Å². The third-order valence-corrected chi connectivity index (χ3v) is 3.60. The zero-order valence-electron chi connectivity index (χ0n) is 10.9. The monoisotopic (exact) mass is 286 g/mol. The molecule has 2 rings (SSSR count). The van der Waals surface area contributed by atoms with Gasteiger partial charge in [-0.2, -0.15) is 4.39 Å². The molecular weight excluding hydrogens is 270 g/mol. The molecule has 1 saturated carbocycles. The molecule has 0 amide bonds. The minimum atomic E-state index is -1.23. The summed E-state index contributed by atoms with van der Waals surface area (Å²) in [6.07, 6.45) is 3.12. The van der Waals surface area contributed by atoms with Crippen LogP contribution in [-0.4, -0.2) is 17.6 Å². The van der Waals surface area contributed by atoms with Crippen LogP contribution in [0.3, 0.4) is 0 Å². The quantitative estimate of drug-likeness (QED) is 0.682. The maximum atomic E-state index is 13.5. The normalized spacial score (nSPS) is 22.6. The van der Waals surface area contributed by atoms with E-state index in [0.29, 0.717) is 19.0 Å². The van der Waals surface area contributed by atoms with Crippen molar-refractivity contribution in [2.75, 3.05) is 6.54 Å². The first kappa shape index (κ1) is 14.6. The lowest BCUT2D eigenvalue weighted by atomic mass is 9.86. The summed E-state index contributed by atoms with van der Waals surface area (Å²) >= 11 is 0. The van der Waals surface area contributed by atoms with E-state index >= 15 is 0 Å². The Morgan fingerprint density at radius 1 is 1.35 bits per heavy atom. The van der Waals surface area contributed by atoms with E-state index in [9.17, 15) is 18.9 Å². The molecule has 5 nitrogen and oxygen atoms in total. The lowest BCUT2D eigenvalue weighted by Crippen LogP contribution is -2.35. The van der Waals surface area contributed by atoms with Crippen molar-refractivity contribution in [3.8, 4) is 5.75 Å². The van der Waals surface area contributed by atoms with Gasteiger partial charge < -0.3 is 10.5 Å². The zero-order valence-corrected chi connectivity index (χ0v) is 10.9. The molecule has 20 heavy (non-hydrogen) atoms. The van der Waals surface area contributed by atoms with Gasteiger partial charge in [0.1, 0.15) is 11.9 Å². The summed E-state index contributed by atoms with van der Waals surface area (Å²) in [6.45, 7) is 0.385. The molecule has 0 spiro atoms. The first-order valence-corrected chi connectivity index (χ1v) is 6.53. The molecule has 0 aliphatic heterocycles. The van der Waals surface area contributed by atoms with E-state index in [0.717, 1.165) is 25.3 Å². The van der Waals surface area contributed by atoms with Gasteiger partial charge in [0.2, 0.25) is 11.6 Å². The van der Waals surface area contributed by atoms with Crippen LogP contribution >= 0.6 is 0 Å². The Balaban J connectivity index is 2.30. The fourth-order valence-electron chi connectivity index (χ4n) is 2.57. The average molecular weight is 286 g/mol. The van der Waals surface area contributed by atoms with Gasteiger partial charge in [0.05, 0.1) is 4.92 Å². The third-order valence-electron chi connectivity index (χ3n) is 3.60. The second kappa shape index (κ2) is 6.13. The van der Waals surface area contributed by atoms with Crippen molar-refractivity contribution >= 4 is 5.69 Å². The molecule has 0 heterocycles. The molecule has 2 atom stereocenters. The van der Waals surface area contributed by atoms with Gasteiger partial charge in [0.15, 0.2) is 0 Å². The Hall–Kier alpha value is -1.76. The van der Waals surface area contributed by atoms with Crippen LogP contribution in [0.5, 0.6) is 5.75 Å². The van der Waals surface area contributed by atoms with Crippen molar-refractivity contribution < 1.29 is 18.4 Å². The number of halogens is 2. The molecule has 1 aromatic carbocycles. The van der Waals surface area contributed by atoms with Gasteiger partial charge in [0.25, 0.3) is 0 Å². The average Bonchev–Trinajstić information content (AvgIpc) is 2.38. The number of nitrogens with zero attached hydrogens (tertiary/aromatic N) is 1. The van der Waals surface area contributed by atoms with Crippen LogP contribution in [0.1, 0.15) is 25.7 Å². The van der Waals surface area contributed by atoms with Crippen LogP contribution in [0, 0.1) is 27.7 Å². The van der Waals surface area contributed by atoms with Crippen molar-refractivity contribution in [1.82, 2.24) is 0 Å². The maximum Gasteiger partial charge on any atom is 0.346 e. The lowest BCUT2D eigenvalue weighted by Gasteiger charge is -2.30. The molecule has 110 valence electrons. The first-order chi connectivity index (χ1) is 9.52. The number of rotatable bonds is 4. The minimum absolute atomic E-state index is 0.0506. The molecule has 0 aromatic heterocycles. The van der Waals surface area contributed by atoms with Crippen molar-refractivity contribution in [1.29, 1.82) is 0 Å². The molecule has 0 radical (unpaired) electrons. The number of benzene rings is 1. The molecule has 1 aliphatic carbocycles. The zero-order chi connectivity index (χ0) is 14.7. The molecule has 7 heteroatoms. The van der Waals surface area contributed by atoms with Gasteiger partial charge in [0, 0.05) is 18.1 Å². The van der Waals surface area contributed by atoms with Gasteiger partial charge in [-0.15, -0.1) is 0 Å². The standard InChI is InChI=1S/C13H16F2N2O3/c14-9-5-10(15)13(17(18)19)12(6-9)20-11-4-2-1-3-8(11)7-16/h5-6,8,11H,1-4,7,16H2. The number of hydrogen-bond acceptors (Lipinski definition) is 4. The van der Waals surface area contributed by atoms with E-state index < -0.39 is 22.2 Å². The summed E-state index contributed by atoms with van der Waals surface area (Å²) in [7, 11) is 0. The summed E-state index contributed by atoms with van der Waals surface area (Å²) in [5, 5.41) is 10.9. The van der Waals surface area contributed by atoms with E-state index in [1.807, 2.05) is 0 Å². The predicted octanol–water partition coefficient (Wildman–Crippen LogP) is 2.77. The number of hydrogen-bond donors (Lipinski definition) is 1.